The van der Waals surface area contributed by atoms with Gasteiger partial charge in [0.15, 0.2) is 0 Å². The van der Waals surface area contributed by atoms with Gasteiger partial charge >= 0.3 is 135 Å². The van der Waals surface area contributed by atoms with Crippen LogP contribution in [0.15, 0.2) is 0 Å². The van der Waals surface area contributed by atoms with Gasteiger partial charge in [-0.05, 0) is 0 Å². The second-order valence-electron chi connectivity index (χ2n) is 8.06. The molecule has 1 N–H and O–H groups in total. The van der Waals surface area contributed by atoms with Crippen LogP contribution in [0.1, 0.15) is 1.43 Å². The summed E-state index contributed by atoms with van der Waals surface area (Å²) in [5, 5.41) is 8.22. The van der Waals surface area contributed by atoms with Crippen molar-refractivity contribution in [3.8, 4) is 0 Å². The van der Waals surface area contributed by atoms with Crippen LogP contribution >= 0.6 is 0 Å². The molecule has 1 heterocycles. The van der Waals surface area contributed by atoms with Crippen LogP contribution in [-0.4, -0.2) is 88.7 Å². The number of ether oxygens (including phenoxy) is 2. The molecule has 2 atom stereocenters. The normalized spacial score (nSPS) is 25.3. The molecule has 2 unspecified atom stereocenters. The van der Waals surface area contributed by atoms with Gasteiger partial charge in [0.2, 0.25) is 0 Å². The molecule has 1 aliphatic heterocycles. The van der Waals surface area contributed by atoms with Crippen molar-refractivity contribution < 1.29 is 186 Å². The quantitative estimate of drug-likeness (QED) is 0.268. The van der Waals surface area contributed by atoms with Crippen molar-refractivity contribution in [1.29, 1.82) is 0 Å². The topological polar surface area (TPSA) is 38.7 Å². The number of rotatable bonds is 9. The zero-order valence-electron chi connectivity index (χ0n) is 20.5. The second kappa shape index (κ2) is 10.8. The van der Waals surface area contributed by atoms with E-state index in [1.54, 1.807) is 0 Å². The molecular weight excluding hydrogens is 768 g/mol. The van der Waals surface area contributed by atoms with E-state index in [1.165, 1.54) is 9.47 Å². The van der Waals surface area contributed by atoms with Crippen LogP contribution in [0, 0.1) is 0 Å². The van der Waals surface area contributed by atoms with Gasteiger partial charge < -0.3 is 6.53 Å². The number of alkyl halides is 27. The molecule has 1 rings (SSSR count). The summed E-state index contributed by atoms with van der Waals surface area (Å²) in [6, 6.07) is 0. The molecule has 0 radical (unpaired) electrons. The van der Waals surface area contributed by atoms with Crippen molar-refractivity contribution in [2.45, 2.75) is 83.6 Å². The maximum absolute atomic E-state index is 14.5. The Balaban J connectivity index is 0. The maximum Gasteiger partial charge on any atom is 1.00 e. The van der Waals surface area contributed by atoms with E-state index >= 15 is 0 Å². The Labute approximate surface area is 268 Å². The molecule has 31 heteroatoms. The van der Waals surface area contributed by atoms with Crippen LogP contribution in [0.25, 0.3) is 0 Å². The summed E-state index contributed by atoms with van der Waals surface area (Å²) >= 11 is 0. The van der Waals surface area contributed by atoms with Gasteiger partial charge in [-0.1, -0.05) is 0 Å². The Morgan fingerprint density at radius 2 is 0.667 bits per heavy atom. The standard InChI is InChI=1S/C14HF27O3.K.H/c15-1(16,3(19,20)7(27,28)11(32,33)34)5(23,24)9(31)14(40,41)44-10(43-9,13(38,39)42)6(25,26)2(17,18)4(21,22)8(29,30)12(35,36)37;;/h42H;;/q;+1;-1. The summed E-state index contributed by atoms with van der Waals surface area (Å²) in [4.78, 5) is 0. The van der Waals surface area contributed by atoms with Gasteiger partial charge in [-0.2, -0.15) is 119 Å². The smallest absolute Gasteiger partial charge is 1.00 e. The first kappa shape index (κ1) is 44.6. The van der Waals surface area contributed by atoms with Crippen molar-refractivity contribution in [2.24, 2.45) is 0 Å². The third-order valence-corrected chi connectivity index (χ3v) is 5.22. The monoisotopic (exact) mass is 770 g/mol. The summed E-state index contributed by atoms with van der Waals surface area (Å²) in [6.45, 7) is 0. The van der Waals surface area contributed by atoms with Crippen LogP contribution in [0.2, 0.25) is 0 Å². The molecule has 1 saturated heterocycles. The van der Waals surface area contributed by atoms with Gasteiger partial charge in [-0.25, -0.2) is 0 Å². The fourth-order valence-corrected chi connectivity index (χ4v) is 2.76. The maximum atomic E-state index is 14.5. The molecule has 0 bridgehead atoms. The van der Waals surface area contributed by atoms with E-state index in [0.29, 0.717) is 0 Å². The van der Waals surface area contributed by atoms with Crippen LogP contribution in [0.3, 0.4) is 0 Å². The summed E-state index contributed by atoms with van der Waals surface area (Å²) in [5.74, 6) is -90.0. The first-order valence-electron chi connectivity index (χ1n) is 9.14. The van der Waals surface area contributed by atoms with Crippen molar-refractivity contribution in [1.82, 2.24) is 0 Å². The predicted molar refractivity (Wildman–Crippen MR) is 73.7 cm³/mol. The summed E-state index contributed by atoms with van der Waals surface area (Å²) in [7, 11) is 0. The first-order valence-corrected chi connectivity index (χ1v) is 9.14. The SMILES string of the molecule is OC(F)(F)C1(C(F)(F)C(F)(F)C(F)(F)C(F)(F)C(F)(F)F)OC(F)(F)C(F)(C(F)(F)C(F)(F)C(F)(F)C(F)(F)C(F)(F)F)O1.[H-].[K+]. The average Bonchev–Trinajstić information content (AvgIpc) is 2.99. The predicted octanol–water partition coefficient (Wildman–Crippen LogP) is 4.90. The average molecular weight is 770 g/mol. The number of aliphatic hydroxyl groups is 1. The van der Waals surface area contributed by atoms with Crippen molar-refractivity contribution in [3.05, 3.63) is 0 Å². The van der Waals surface area contributed by atoms with E-state index in [9.17, 15) is 119 Å². The zero-order valence-corrected chi connectivity index (χ0v) is 22.6. The van der Waals surface area contributed by atoms with Crippen LogP contribution in [0.4, 0.5) is 119 Å². The molecule has 3 nitrogen and oxygen atoms in total. The van der Waals surface area contributed by atoms with E-state index in [2.05, 4.69) is 0 Å². The fraction of sp³-hybridized carbons (Fsp3) is 1.00. The summed E-state index contributed by atoms with van der Waals surface area (Å²) < 4.78 is 361. The Morgan fingerprint density at radius 3 is 0.911 bits per heavy atom. The van der Waals surface area contributed by atoms with Crippen molar-refractivity contribution in [3.63, 3.8) is 0 Å². The fourth-order valence-electron chi connectivity index (χ4n) is 2.76. The van der Waals surface area contributed by atoms with Gasteiger partial charge in [0, 0.05) is 0 Å². The molecule has 1 fully saturated rings. The van der Waals surface area contributed by atoms with E-state index in [0.717, 1.165) is 0 Å². The molecule has 0 aromatic carbocycles. The van der Waals surface area contributed by atoms with E-state index in [1.807, 2.05) is 0 Å². The van der Waals surface area contributed by atoms with Gasteiger partial charge in [0.05, 0.1) is 0 Å². The molecule has 0 amide bonds. The van der Waals surface area contributed by atoms with Gasteiger partial charge in [0.1, 0.15) is 0 Å². The third-order valence-electron chi connectivity index (χ3n) is 5.22. The second-order valence-corrected chi connectivity index (χ2v) is 8.06. The molecule has 1 aliphatic rings. The summed E-state index contributed by atoms with van der Waals surface area (Å²) in [6.07, 6.45) is -33.1. The van der Waals surface area contributed by atoms with Crippen LogP contribution in [-0.2, 0) is 9.47 Å². The Kier molecular flexibility index (Phi) is 10.7. The molecule has 0 aliphatic carbocycles. The molecular formula is C14H2F27KO3. The molecule has 266 valence electrons. The van der Waals surface area contributed by atoms with Crippen molar-refractivity contribution in [2.75, 3.05) is 0 Å². The van der Waals surface area contributed by atoms with Gasteiger partial charge in [0.25, 0.3) is 0 Å². The van der Waals surface area contributed by atoms with Gasteiger partial charge in [-0.3, -0.25) is 9.47 Å². The van der Waals surface area contributed by atoms with E-state index in [4.69, 9.17) is 5.11 Å². The number of hydrogen-bond donors (Lipinski definition) is 1. The minimum atomic E-state index is -9.31. The Morgan fingerprint density at radius 1 is 0.400 bits per heavy atom. The van der Waals surface area contributed by atoms with Gasteiger partial charge in [-0.15, -0.1) is 0 Å². The minimum Gasteiger partial charge on any atom is -1.00 e. The molecule has 45 heavy (non-hydrogen) atoms. The molecule has 0 aromatic rings. The van der Waals surface area contributed by atoms with E-state index in [-0.39, 0.29) is 52.8 Å². The zero-order chi connectivity index (χ0) is 36.4. The third kappa shape index (κ3) is 5.28. The minimum absolute atomic E-state index is 0. The largest absolute Gasteiger partial charge is 1.00 e. The summed E-state index contributed by atoms with van der Waals surface area (Å²) in [5.41, 5.74) is 0. The Hall–Kier alpha value is -0.374. The number of halogens is 27. The molecule has 0 saturated carbocycles. The first-order chi connectivity index (χ1) is 18.4. The van der Waals surface area contributed by atoms with Crippen molar-refractivity contribution >= 4 is 0 Å². The van der Waals surface area contributed by atoms with Crippen LogP contribution < -0.4 is 51.4 Å². The van der Waals surface area contributed by atoms with Crippen LogP contribution in [0.5, 0.6) is 0 Å². The van der Waals surface area contributed by atoms with E-state index < -0.39 is 83.6 Å². The Bertz CT molecular complexity index is 1110. The number of hydrogen-bond acceptors (Lipinski definition) is 3. The molecule has 0 spiro atoms. The molecule has 0 aromatic heterocycles.